The highest BCUT2D eigenvalue weighted by molar-refractivity contribution is 6.22. The Hall–Kier alpha value is -6.43. The highest BCUT2D eigenvalue weighted by Gasteiger charge is 2.16. The smallest absolute Gasteiger partial charge is 0.136 e. The molecule has 0 saturated heterocycles. The molecule has 0 saturated carbocycles. The van der Waals surface area contributed by atoms with Gasteiger partial charge in [-0.2, -0.15) is 10.5 Å². The van der Waals surface area contributed by atoms with Gasteiger partial charge in [0.15, 0.2) is 0 Å². The van der Waals surface area contributed by atoms with Crippen molar-refractivity contribution >= 4 is 32.7 Å². The van der Waals surface area contributed by atoms with Gasteiger partial charge in [-0.15, -0.1) is 0 Å². The van der Waals surface area contributed by atoms with Gasteiger partial charge in [0.2, 0.25) is 0 Å². The first-order chi connectivity index (χ1) is 22.1. The molecule has 0 aliphatic rings. The molecule has 0 fully saturated rings. The van der Waals surface area contributed by atoms with Crippen molar-refractivity contribution in [1.82, 2.24) is 4.98 Å². The van der Waals surface area contributed by atoms with Crippen LogP contribution in [-0.2, 0) is 6.42 Å². The minimum absolute atomic E-state index is 0.546. The third-order valence-electron chi connectivity index (χ3n) is 8.11. The molecule has 45 heavy (non-hydrogen) atoms. The summed E-state index contributed by atoms with van der Waals surface area (Å²) in [6, 6.07) is 41.5. The molecule has 0 unspecified atom stereocenters. The third-order valence-corrected chi connectivity index (χ3v) is 8.11. The Bertz CT molecular complexity index is 2360. The maximum absolute atomic E-state index is 9.28. The lowest BCUT2D eigenvalue weighted by atomic mass is 9.94. The first kappa shape index (κ1) is 27.4. The number of pyridine rings is 1. The Balaban J connectivity index is 1.26. The lowest BCUT2D eigenvalue weighted by Crippen LogP contribution is -1.86. The van der Waals surface area contributed by atoms with Crippen LogP contribution in [0.15, 0.2) is 144 Å². The van der Waals surface area contributed by atoms with Gasteiger partial charge in [-0.05, 0) is 87.6 Å². The zero-order valence-electron chi connectivity index (χ0n) is 24.2. The molecule has 212 valence electrons. The van der Waals surface area contributed by atoms with Gasteiger partial charge in [0.05, 0.1) is 23.4 Å². The number of furan rings is 1. The summed E-state index contributed by atoms with van der Waals surface area (Å²) in [6.07, 6.45) is 7.18. The summed E-state index contributed by atoms with van der Waals surface area (Å²) in [5.41, 5.74) is 15.4. The topological polar surface area (TPSA) is 99.6 Å². The summed E-state index contributed by atoms with van der Waals surface area (Å²) in [5, 5.41) is 23.0. The summed E-state index contributed by atoms with van der Waals surface area (Å²) in [4.78, 5) is 4.45. The fourth-order valence-electron chi connectivity index (χ4n) is 5.85. The Morgan fingerprint density at radius 2 is 1.47 bits per heavy atom. The van der Waals surface area contributed by atoms with Crippen LogP contribution < -0.4 is 5.73 Å². The van der Waals surface area contributed by atoms with E-state index in [1.54, 1.807) is 24.4 Å². The molecule has 0 spiro atoms. The average molecular weight is 579 g/mol. The monoisotopic (exact) mass is 578 g/mol. The van der Waals surface area contributed by atoms with Gasteiger partial charge in [-0.25, -0.2) is 0 Å². The predicted molar refractivity (Wildman–Crippen MR) is 181 cm³/mol. The fourth-order valence-corrected chi connectivity index (χ4v) is 5.85. The van der Waals surface area contributed by atoms with Crippen molar-refractivity contribution in [1.29, 1.82) is 10.5 Å². The molecule has 5 nitrogen and oxygen atoms in total. The van der Waals surface area contributed by atoms with Crippen LogP contribution in [0.4, 0.5) is 0 Å². The van der Waals surface area contributed by atoms with Gasteiger partial charge >= 0.3 is 0 Å². The van der Waals surface area contributed by atoms with E-state index >= 15 is 0 Å². The van der Waals surface area contributed by atoms with Gasteiger partial charge in [-0.3, -0.25) is 4.98 Å². The second kappa shape index (κ2) is 11.7. The van der Waals surface area contributed by atoms with Crippen molar-refractivity contribution in [3.05, 3.63) is 150 Å². The molecule has 7 aromatic rings. The molecule has 5 heteroatoms. The van der Waals surface area contributed by atoms with Crippen LogP contribution in [0.3, 0.4) is 0 Å². The van der Waals surface area contributed by atoms with Crippen molar-refractivity contribution in [3.63, 3.8) is 0 Å². The molecular weight excluding hydrogens is 552 g/mol. The Morgan fingerprint density at radius 3 is 2.22 bits per heavy atom. The standard InChI is InChI=1S/C40H26N4O/c41-19-17-27(24-42)6-5-26-7-9-29(10-8-26)32-15-16-35-38(22-32)45-39-23-36(33-3-1-2-4-34(33)40(35)39)30-11-13-31(14-12-30)37-21-28(25-43)18-20-44-37/h1-4,6-23H,5,41H2/b19-17-,27-6+. The zero-order chi connectivity index (χ0) is 30.8. The van der Waals surface area contributed by atoms with Crippen molar-refractivity contribution in [3.8, 4) is 45.6 Å². The van der Waals surface area contributed by atoms with E-state index < -0.39 is 0 Å². The summed E-state index contributed by atoms with van der Waals surface area (Å²) in [5.74, 6) is 0. The Morgan fingerprint density at radius 1 is 0.733 bits per heavy atom. The van der Waals surface area contributed by atoms with Crippen molar-refractivity contribution in [2.24, 2.45) is 5.73 Å². The molecule has 0 bridgehead atoms. The van der Waals surface area contributed by atoms with Crippen LogP contribution in [-0.4, -0.2) is 4.98 Å². The SMILES string of the molecule is N#CC(/C=C\N)=C/Cc1ccc(-c2ccc3c(c2)oc2cc(-c4ccc(-c5cc(C#N)ccn5)cc4)c4ccccc4c23)cc1. The van der Waals surface area contributed by atoms with Crippen LogP contribution in [0.25, 0.3) is 66.2 Å². The molecular formula is C40H26N4O. The number of nitrogens with zero attached hydrogens (tertiary/aromatic N) is 3. The van der Waals surface area contributed by atoms with E-state index in [0.717, 1.165) is 71.8 Å². The predicted octanol–water partition coefficient (Wildman–Crippen LogP) is 9.47. The number of aromatic nitrogens is 1. The lowest BCUT2D eigenvalue weighted by molar-refractivity contribution is 0.669. The molecule has 7 rings (SSSR count). The summed E-state index contributed by atoms with van der Waals surface area (Å²) >= 11 is 0. The van der Waals surface area contributed by atoms with E-state index in [-0.39, 0.29) is 0 Å². The van der Waals surface area contributed by atoms with Crippen LogP contribution in [0.2, 0.25) is 0 Å². The number of benzene rings is 5. The minimum atomic E-state index is 0.546. The molecule has 0 aliphatic heterocycles. The quantitative estimate of drug-likeness (QED) is 0.156. The maximum Gasteiger partial charge on any atom is 0.136 e. The Labute approximate surface area is 260 Å². The van der Waals surface area contributed by atoms with Crippen LogP contribution in [0.5, 0.6) is 0 Å². The van der Waals surface area contributed by atoms with Crippen LogP contribution in [0, 0.1) is 22.7 Å². The number of hydrogen-bond acceptors (Lipinski definition) is 5. The molecule has 0 amide bonds. The van der Waals surface area contributed by atoms with E-state index in [0.29, 0.717) is 17.6 Å². The molecule has 2 aromatic heterocycles. The van der Waals surface area contributed by atoms with Gasteiger partial charge in [0.1, 0.15) is 11.2 Å². The third kappa shape index (κ3) is 5.20. The first-order valence-electron chi connectivity index (χ1n) is 14.6. The number of allylic oxidation sites excluding steroid dienone is 3. The normalized spacial score (nSPS) is 11.7. The minimum Gasteiger partial charge on any atom is -0.456 e. The van der Waals surface area contributed by atoms with Gasteiger partial charge in [0.25, 0.3) is 0 Å². The number of nitriles is 2. The molecule has 0 radical (unpaired) electrons. The largest absolute Gasteiger partial charge is 0.456 e. The van der Waals surface area contributed by atoms with E-state index in [9.17, 15) is 10.5 Å². The number of fused-ring (bicyclic) bond motifs is 5. The average Bonchev–Trinajstić information content (AvgIpc) is 3.48. The van der Waals surface area contributed by atoms with Crippen LogP contribution >= 0.6 is 0 Å². The van der Waals surface area contributed by atoms with Gasteiger partial charge in [0, 0.05) is 28.1 Å². The van der Waals surface area contributed by atoms with E-state index in [1.165, 1.54) is 6.20 Å². The number of rotatable bonds is 6. The van der Waals surface area contributed by atoms with E-state index in [4.69, 9.17) is 10.2 Å². The zero-order valence-corrected chi connectivity index (χ0v) is 24.2. The second-order valence-corrected chi connectivity index (χ2v) is 10.8. The molecule has 2 N–H and O–H groups in total. The van der Waals surface area contributed by atoms with Gasteiger partial charge < -0.3 is 10.2 Å². The molecule has 5 aromatic carbocycles. The van der Waals surface area contributed by atoms with Crippen LogP contribution in [0.1, 0.15) is 11.1 Å². The van der Waals surface area contributed by atoms with Gasteiger partial charge in [-0.1, -0.05) is 84.9 Å². The molecule has 2 heterocycles. The van der Waals surface area contributed by atoms with E-state index in [2.05, 4.69) is 102 Å². The summed E-state index contributed by atoms with van der Waals surface area (Å²) < 4.78 is 6.53. The van der Waals surface area contributed by atoms with Crippen molar-refractivity contribution in [2.45, 2.75) is 6.42 Å². The lowest BCUT2D eigenvalue weighted by Gasteiger charge is -2.09. The molecule has 0 atom stereocenters. The van der Waals surface area contributed by atoms with E-state index in [1.807, 2.05) is 18.2 Å². The molecule has 0 aliphatic carbocycles. The number of nitrogens with two attached hydrogens (primary N) is 1. The summed E-state index contributed by atoms with van der Waals surface area (Å²) in [7, 11) is 0. The van der Waals surface area contributed by atoms with Crippen molar-refractivity contribution in [2.75, 3.05) is 0 Å². The van der Waals surface area contributed by atoms with Crippen molar-refractivity contribution < 1.29 is 4.42 Å². The Kier molecular flexibility index (Phi) is 7.12. The first-order valence-corrected chi connectivity index (χ1v) is 14.6. The summed E-state index contributed by atoms with van der Waals surface area (Å²) in [6.45, 7) is 0. The maximum atomic E-state index is 9.28. The highest BCUT2D eigenvalue weighted by Crippen LogP contribution is 2.41. The highest BCUT2D eigenvalue weighted by atomic mass is 16.3. The number of hydrogen-bond donors (Lipinski definition) is 1. The second-order valence-electron chi connectivity index (χ2n) is 10.8. The fraction of sp³-hybridized carbons (Fsp3) is 0.0250.